The molecule has 2 aromatic rings. The first-order valence-corrected chi connectivity index (χ1v) is 9.49. The van der Waals surface area contributed by atoms with Crippen molar-refractivity contribution < 1.29 is 18.8 Å². The van der Waals surface area contributed by atoms with Crippen LogP contribution < -0.4 is 4.74 Å². The molecule has 6 heteroatoms. The van der Waals surface area contributed by atoms with E-state index < -0.39 is 0 Å². The van der Waals surface area contributed by atoms with E-state index in [0.29, 0.717) is 25.9 Å². The van der Waals surface area contributed by atoms with E-state index in [0.717, 1.165) is 29.0 Å². The van der Waals surface area contributed by atoms with Crippen LogP contribution in [0.25, 0.3) is 0 Å². The largest absolute Gasteiger partial charge is 0.496 e. The smallest absolute Gasteiger partial charge is 0.222 e. The van der Waals surface area contributed by atoms with E-state index in [1.165, 1.54) is 12.1 Å². The van der Waals surface area contributed by atoms with Crippen molar-refractivity contribution in [1.82, 2.24) is 4.90 Å². The number of benzene rings is 2. The molecule has 1 aliphatic heterocycles. The Kier molecular flexibility index (Phi) is 6.63. The van der Waals surface area contributed by atoms with Crippen LogP contribution in [0.1, 0.15) is 37.3 Å². The van der Waals surface area contributed by atoms with Gasteiger partial charge in [0.05, 0.1) is 19.4 Å². The first kappa shape index (κ1) is 19.9. The van der Waals surface area contributed by atoms with Gasteiger partial charge in [0.1, 0.15) is 11.6 Å². The summed E-state index contributed by atoms with van der Waals surface area (Å²) >= 11 is 0. The van der Waals surface area contributed by atoms with Gasteiger partial charge >= 0.3 is 0 Å². The van der Waals surface area contributed by atoms with Gasteiger partial charge in [-0.2, -0.15) is 0 Å². The highest BCUT2D eigenvalue weighted by Crippen LogP contribution is 2.25. The summed E-state index contributed by atoms with van der Waals surface area (Å²) in [7, 11) is 1.63. The van der Waals surface area contributed by atoms with Gasteiger partial charge in [-0.15, -0.1) is 0 Å². The highest BCUT2D eigenvalue weighted by atomic mass is 19.1. The third kappa shape index (κ3) is 4.88. The molecule has 0 bridgehead atoms. The standard InChI is InChI=1S/C22H25FN2O3/c1-3-6-22(26)25(14-16-9-11-17(23)12-10-16)15-18-13-20(24-28-18)19-7-4-5-8-21(19)27-2/h4-5,7-12,18H,3,6,13-15H2,1-2H3. The lowest BCUT2D eigenvalue weighted by Crippen LogP contribution is -2.37. The van der Waals surface area contributed by atoms with Gasteiger partial charge in [-0.1, -0.05) is 36.3 Å². The number of halogens is 1. The van der Waals surface area contributed by atoms with Crippen LogP contribution in [0, 0.1) is 5.82 Å². The summed E-state index contributed by atoms with van der Waals surface area (Å²) in [5, 5.41) is 4.22. The Morgan fingerprint density at radius 3 is 2.71 bits per heavy atom. The molecule has 0 N–H and O–H groups in total. The van der Waals surface area contributed by atoms with Crippen LogP contribution in [-0.2, 0) is 16.2 Å². The molecule has 3 rings (SSSR count). The molecule has 1 unspecified atom stereocenters. The highest BCUT2D eigenvalue weighted by molar-refractivity contribution is 6.03. The normalized spacial score (nSPS) is 15.7. The molecule has 2 aromatic carbocycles. The van der Waals surface area contributed by atoms with Crippen molar-refractivity contribution in [1.29, 1.82) is 0 Å². The second-order valence-electron chi connectivity index (χ2n) is 6.82. The molecule has 0 saturated heterocycles. The Morgan fingerprint density at radius 1 is 1.25 bits per heavy atom. The molecular formula is C22H25FN2O3. The first-order chi connectivity index (χ1) is 13.6. The number of carbonyl (C=O) groups excluding carboxylic acids is 1. The summed E-state index contributed by atoms with van der Waals surface area (Å²) < 4.78 is 18.6. The number of hydrogen-bond donors (Lipinski definition) is 0. The molecule has 1 aliphatic rings. The molecule has 5 nitrogen and oxygen atoms in total. The Bertz CT molecular complexity index is 836. The number of oxime groups is 1. The third-order valence-corrected chi connectivity index (χ3v) is 4.68. The van der Waals surface area contributed by atoms with Crippen LogP contribution in [0.3, 0.4) is 0 Å². The van der Waals surface area contributed by atoms with Gasteiger partial charge in [0, 0.05) is 24.9 Å². The molecule has 0 spiro atoms. The minimum absolute atomic E-state index is 0.0566. The monoisotopic (exact) mass is 384 g/mol. The summed E-state index contributed by atoms with van der Waals surface area (Å²) in [4.78, 5) is 20.0. The van der Waals surface area contributed by atoms with Crippen LogP contribution >= 0.6 is 0 Å². The maximum atomic E-state index is 13.2. The quantitative estimate of drug-likeness (QED) is 0.687. The molecule has 0 radical (unpaired) electrons. The van der Waals surface area contributed by atoms with Gasteiger partial charge in [0.25, 0.3) is 0 Å². The number of amides is 1. The summed E-state index contributed by atoms with van der Waals surface area (Å²) in [6.45, 7) is 2.82. The van der Waals surface area contributed by atoms with Gasteiger partial charge in [-0.05, 0) is 36.2 Å². The number of carbonyl (C=O) groups is 1. The topological polar surface area (TPSA) is 51.1 Å². The molecule has 28 heavy (non-hydrogen) atoms. The van der Waals surface area contributed by atoms with E-state index in [1.54, 1.807) is 24.1 Å². The van der Waals surface area contributed by atoms with Crippen molar-refractivity contribution >= 4 is 11.6 Å². The van der Waals surface area contributed by atoms with E-state index in [-0.39, 0.29) is 17.8 Å². The molecule has 0 fully saturated rings. The highest BCUT2D eigenvalue weighted by Gasteiger charge is 2.27. The van der Waals surface area contributed by atoms with Crippen molar-refractivity contribution in [3.8, 4) is 5.75 Å². The number of hydrogen-bond acceptors (Lipinski definition) is 4. The Labute approximate surface area is 164 Å². The van der Waals surface area contributed by atoms with Crippen molar-refractivity contribution in [2.24, 2.45) is 5.16 Å². The average Bonchev–Trinajstić information content (AvgIpc) is 3.17. The number of ether oxygens (including phenoxy) is 1. The van der Waals surface area contributed by atoms with Crippen LogP contribution in [0.5, 0.6) is 5.75 Å². The zero-order valence-corrected chi connectivity index (χ0v) is 16.2. The van der Waals surface area contributed by atoms with Crippen molar-refractivity contribution in [2.45, 2.75) is 38.8 Å². The summed E-state index contributed by atoms with van der Waals surface area (Å²) in [6.07, 6.45) is 1.61. The summed E-state index contributed by atoms with van der Waals surface area (Å²) in [5.74, 6) is 0.515. The minimum atomic E-state index is -0.288. The van der Waals surface area contributed by atoms with Crippen molar-refractivity contribution in [3.63, 3.8) is 0 Å². The molecule has 1 amide bonds. The van der Waals surface area contributed by atoms with E-state index in [1.807, 2.05) is 31.2 Å². The summed E-state index contributed by atoms with van der Waals surface area (Å²) in [6, 6.07) is 13.9. The van der Waals surface area contributed by atoms with Gasteiger partial charge in [-0.3, -0.25) is 4.79 Å². The second kappa shape index (κ2) is 9.35. The van der Waals surface area contributed by atoms with E-state index in [9.17, 15) is 9.18 Å². The Hall–Kier alpha value is -2.89. The van der Waals surface area contributed by atoms with Crippen molar-refractivity contribution in [2.75, 3.05) is 13.7 Å². The van der Waals surface area contributed by atoms with Crippen LogP contribution in [0.4, 0.5) is 4.39 Å². The lowest BCUT2D eigenvalue weighted by molar-refractivity contribution is -0.133. The lowest BCUT2D eigenvalue weighted by Gasteiger charge is -2.25. The molecule has 1 atom stereocenters. The van der Waals surface area contributed by atoms with E-state index in [4.69, 9.17) is 9.57 Å². The fraction of sp³-hybridized carbons (Fsp3) is 0.364. The third-order valence-electron chi connectivity index (χ3n) is 4.68. The van der Waals surface area contributed by atoms with Gasteiger partial charge in [-0.25, -0.2) is 4.39 Å². The van der Waals surface area contributed by atoms with E-state index >= 15 is 0 Å². The molecule has 1 heterocycles. The van der Waals surface area contributed by atoms with Crippen LogP contribution in [0.2, 0.25) is 0 Å². The molecule has 0 saturated carbocycles. The SMILES string of the molecule is CCCC(=O)N(Cc1ccc(F)cc1)CC1CC(c2ccccc2OC)=NO1. The Balaban J connectivity index is 1.68. The van der Waals surface area contributed by atoms with Gasteiger partial charge < -0.3 is 14.5 Å². The average molecular weight is 384 g/mol. The molecule has 0 aliphatic carbocycles. The Morgan fingerprint density at radius 2 is 2.00 bits per heavy atom. The number of methoxy groups -OCH3 is 1. The van der Waals surface area contributed by atoms with Crippen LogP contribution in [0.15, 0.2) is 53.7 Å². The zero-order chi connectivity index (χ0) is 19.9. The minimum Gasteiger partial charge on any atom is -0.496 e. The molecule has 0 aromatic heterocycles. The van der Waals surface area contributed by atoms with Gasteiger partial charge in [0.15, 0.2) is 6.10 Å². The summed E-state index contributed by atoms with van der Waals surface area (Å²) in [5.41, 5.74) is 2.60. The number of para-hydroxylation sites is 1. The maximum Gasteiger partial charge on any atom is 0.222 e. The molecule has 148 valence electrons. The predicted molar refractivity (Wildman–Crippen MR) is 106 cm³/mol. The van der Waals surface area contributed by atoms with Crippen molar-refractivity contribution in [3.05, 3.63) is 65.5 Å². The van der Waals surface area contributed by atoms with Gasteiger partial charge in [0.2, 0.25) is 5.91 Å². The van der Waals surface area contributed by atoms with E-state index in [2.05, 4.69) is 5.16 Å². The lowest BCUT2D eigenvalue weighted by atomic mass is 10.0. The predicted octanol–water partition coefficient (Wildman–Crippen LogP) is 4.16. The maximum absolute atomic E-state index is 13.2. The number of nitrogens with zero attached hydrogens (tertiary/aromatic N) is 2. The van der Waals surface area contributed by atoms with Crippen LogP contribution in [-0.4, -0.2) is 36.3 Å². The first-order valence-electron chi connectivity index (χ1n) is 9.49. The second-order valence-corrected chi connectivity index (χ2v) is 6.82. The molecular weight excluding hydrogens is 359 g/mol. The fourth-order valence-corrected chi connectivity index (χ4v) is 3.25. The number of rotatable bonds is 8. The fourth-order valence-electron chi connectivity index (χ4n) is 3.25. The zero-order valence-electron chi connectivity index (χ0n) is 16.2.